The van der Waals surface area contributed by atoms with Crippen LogP contribution >= 0.6 is 0 Å². The molecule has 2 aliphatic heterocycles. The van der Waals surface area contributed by atoms with Gasteiger partial charge in [0, 0.05) is 36.0 Å². The Morgan fingerprint density at radius 2 is 2.00 bits per heavy atom. The lowest BCUT2D eigenvalue weighted by atomic mass is 9.98. The second-order valence-corrected chi connectivity index (χ2v) is 7.65. The van der Waals surface area contributed by atoms with Gasteiger partial charge < -0.3 is 15.4 Å². The van der Waals surface area contributed by atoms with Gasteiger partial charge in [0.2, 0.25) is 5.95 Å². The number of ether oxygens (including phenoxy) is 1. The summed E-state index contributed by atoms with van der Waals surface area (Å²) in [4.78, 5) is 39.6. The average Bonchev–Trinajstić information content (AvgIpc) is 2.96. The molecular formula is C20H21N5O3. The van der Waals surface area contributed by atoms with Crippen LogP contribution in [0.15, 0.2) is 36.4 Å². The van der Waals surface area contributed by atoms with E-state index in [-0.39, 0.29) is 35.9 Å². The van der Waals surface area contributed by atoms with E-state index in [1.54, 1.807) is 31.1 Å². The van der Waals surface area contributed by atoms with Crippen molar-refractivity contribution in [1.82, 2.24) is 19.9 Å². The van der Waals surface area contributed by atoms with E-state index in [0.29, 0.717) is 17.9 Å². The van der Waals surface area contributed by atoms with Crippen LogP contribution in [0, 0.1) is 0 Å². The summed E-state index contributed by atoms with van der Waals surface area (Å²) in [6.07, 6.45) is 4.88. The lowest BCUT2D eigenvalue weighted by Crippen LogP contribution is -2.38. The van der Waals surface area contributed by atoms with E-state index in [0.717, 1.165) is 11.1 Å². The molecule has 0 radical (unpaired) electrons. The lowest BCUT2D eigenvalue weighted by molar-refractivity contribution is -0.139. The summed E-state index contributed by atoms with van der Waals surface area (Å²) in [5.74, 6) is -0.250. The Kier molecular flexibility index (Phi) is 4.14. The predicted molar refractivity (Wildman–Crippen MR) is 102 cm³/mol. The van der Waals surface area contributed by atoms with Crippen molar-refractivity contribution >= 4 is 17.6 Å². The molecule has 0 unspecified atom stereocenters. The molecule has 0 fully saturated rings. The van der Waals surface area contributed by atoms with Gasteiger partial charge in [0.05, 0.1) is 24.0 Å². The fourth-order valence-electron chi connectivity index (χ4n) is 3.70. The minimum absolute atomic E-state index is 0.0623. The van der Waals surface area contributed by atoms with Crippen molar-refractivity contribution in [2.75, 3.05) is 5.73 Å². The summed E-state index contributed by atoms with van der Waals surface area (Å²) in [6, 6.07) is 3.36. The van der Waals surface area contributed by atoms with Crippen LogP contribution in [0.3, 0.4) is 0 Å². The van der Waals surface area contributed by atoms with Gasteiger partial charge in [0.1, 0.15) is 5.60 Å². The van der Waals surface area contributed by atoms with Gasteiger partial charge in [0.15, 0.2) is 11.5 Å². The third kappa shape index (κ3) is 3.11. The molecule has 4 rings (SSSR count). The van der Waals surface area contributed by atoms with Gasteiger partial charge in [-0.2, -0.15) is 0 Å². The molecule has 0 aromatic carbocycles. The van der Waals surface area contributed by atoms with Gasteiger partial charge in [-0.15, -0.1) is 0 Å². The zero-order valence-corrected chi connectivity index (χ0v) is 16.0. The standard InChI is InChI=1S/C20H21N5O3/c1-11-16-14(17(24-19(21)23-16)12-4-6-22-7-5-12)10-25(11)18(27)15-8-13(26)9-20(2,3)28-15/h4-8,11H,9-10H2,1-3H3,(H2,21,23,24)/t11-/m0/s1. The first-order valence-electron chi connectivity index (χ1n) is 9.06. The van der Waals surface area contributed by atoms with Crippen molar-refractivity contribution in [2.24, 2.45) is 0 Å². The van der Waals surface area contributed by atoms with Crippen molar-refractivity contribution < 1.29 is 14.3 Å². The highest BCUT2D eigenvalue weighted by molar-refractivity contribution is 6.02. The van der Waals surface area contributed by atoms with Crippen LogP contribution in [0.4, 0.5) is 5.95 Å². The summed E-state index contributed by atoms with van der Waals surface area (Å²) in [5.41, 5.74) is 8.29. The minimum atomic E-state index is -0.709. The minimum Gasteiger partial charge on any atom is -0.481 e. The molecule has 1 atom stereocenters. The molecule has 0 saturated carbocycles. The second-order valence-electron chi connectivity index (χ2n) is 7.65. The van der Waals surface area contributed by atoms with E-state index in [4.69, 9.17) is 10.5 Å². The largest absolute Gasteiger partial charge is 0.481 e. The highest BCUT2D eigenvalue weighted by atomic mass is 16.5. The molecule has 2 aromatic heterocycles. The van der Waals surface area contributed by atoms with Crippen molar-refractivity contribution in [3.05, 3.63) is 47.6 Å². The topological polar surface area (TPSA) is 111 Å². The van der Waals surface area contributed by atoms with Gasteiger partial charge in [-0.05, 0) is 32.9 Å². The number of ketones is 1. The maximum absolute atomic E-state index is 13.1. The molecule has 0 bridgehead atoms. The molecular weight excluding hydrogens is 358 g/mol. The van der Waals surface area contributed by atoms with Crippen molar-refractivity contribution in [3.63, 3.8) is 0 Å². The van der Waals surface area contributed by atoms with E-state index >= 15 is 0 Å². The molecule has 0 saturated heterocycles. The number of nitrogens with two attached hydrogens (primary N) is 1. The van der Waals surface area contributed by atoms with Crippen molar-refractivity contribution in [2.45, 2.75) is 45.4 Å². The highest BCUT2D eigenvalue weighted by Crippen LogP contribution is 2.39. The Balaban J connectivity index is 1.71. The third-order valence-corrected chi connectivity index (χ3v) is 4.95. The number of hydrogen-bond donors (Lipinski definition) is 1. The number of amides is 1. The molecule has 28 heavy (non-hydrogen) atoms. The van der Waals surface area contributed by atoms with Gasteiger partial charge in [0.25, 0.3) is 5.91 Å². The first-order chi connectivity index (χ1) is 13.2. The number of rotatable bonds is 2. The Bertz CT molecular complexity index is 1000. The smallest absolute Gasteiger partial charge is 0.289 e. The number of nitrogen functional groups attached to an aromatic ring is 1. The second kappa shape index (κ2) is 6.40. The molecule has 8 nitrogen and oxygen atoms in total. The van der Waals surface area contributed by atoms with Gasteiger partial charge in [-0.25, -0.2) is 9.97 Å². The van der Waals surface area contributed by atoms with Gasteiger partial charge >= 0.3 is 0 Å². The van der Waals surface area contributed by atoms with Gasteiger partial charge in [-0.3, -0.25) is 14.6 Å². The molecule has 4 heterocycles. The molecule has 0 aliphatic carbocycles. The van der Waals surface area contributed by atoms with Gasteiger partial charge in [-0.1, -0.05) is 0 Å². The first kappa shape index (κ1) is 18.1. The summed E-state index contributed by atoms with van der Waals surface area (Å²) in [6.45, 7) is 5.77. The van der Waals surface area contributed by atoms with Crippen LogP contribution in [-0.4, -0.2) is 37.1 Å². The Morgan fingerprint density at radius 1 is 1.29 bits per heavy atom. The summed E-state index contributed by atoms with van der Waals surface area (Å²) in [5, 5.41) is 0. The Labute approximate surface area is 162 Å². The van der Waals surface area contributed by atoms with Crippen LogP contribution in [0.25, 0.3) is 11.3 Å². The zero-order chi connectivity index (χ0) is 20.1. The molecule has 2 aliphatic rings. The van der Waals surface area contributed by atoms with Crippen LogP contribution < -0.4 is 5.73 Å². The van der Waals surface area contributed by atoms with E-state index in [1.807, 2.05) is 19.1 Å². The SMILES string of the molecule is C[C@H]1c2nc(N)nc(-c3ccncc3)c2CN1C(=O)C1=CC(=O)CC(C)(C)O1. The van der Waals surface area contributed by atoms with Crippen molar-refractivity contribution in [3.8, 4) is 11.3 Å². The third-order valence-electron chi connectivity index (χ3n) is 4.95. The molecule has 1 amide bonds. The number of nitrogens with zero attached hydrogens (tertiary/aromatic N) is 4. The zero-order valence-electron chi connectivity index (χ0n) is 16.0. The number of hydrogen-bond acceptors (Lipinski definition) is 7. The molecule has 2 aromatic rings. The number of allylic oxidation sites excluding steroid dienone is 1. The lowest BCUT2D eigenvalue weighted by Gasteiger charge is -2.32. The van der Waals surface area contributed by atoms with Crippen LogP contribution in [-0.2, 0) is 20.9 Å². The van der Waals surface area contributed by atoms with E-state index < -0.39 is 5.60 Å². The van der Waals surface area contributed by atoms with Crippen LogP contribution in [0.2, 0.25) is 0 Å². The molecule has 0 spiro atoms. The van der Waals surface area contributed by atoms with E-state index in [2.05, 4.69) is 15.0 Å². The summed E-state index contributed by atoms with van der Waals surface area (Å²) in [7, 11) is 0. The summed E-state index contributed by atoms with van der Waals surface area (Å²) < 4.78 is 5.78. The highest BCUT2D eigenvalue weighted by Gasteiger charge is 2.39. The first-order valence-corrected chi connectivity index (χ1v) is 9.06. The van der Waals surface area contributed by atoms with Crippen LogP contribution in [0.5, 0.6) is 0 Å². The monoisotopic (exact) mass is 379 g/mol. The molecule has 2 N–H and O–H groups in total. The quantitative estimate of drug-likeness (QED) is 0.851. The van der Waals surface area contributed by atoms with Crippen molar-refractivity contribution in [1.29, 1.82) is 0 Å². The normalized spacial score (nSPS) is 20.4. The fraction of sp³-hybridized carbons (Fsp3) is 0.350. The number of fused-ring (bicyclic) bond motifs is 1. The predicted octanol–water partition coefficient (Wildman–Crippen LogP) is 2.18. The Hall–Kier alpha value is -3.29. The Morgan fingerprint density at radius 3 is 2.68 bits per heavy atom. The fourth-order valence-corrected chi connectivity index (χ4v) is 3.70. The number of pyridine rings is 1. The number of aromatic nitrogens is 3. The number of carbonyl (C=O) groups is 2. The van der Waals surface area contributed by atoms with E-state index in [1.165, 1.54) is 6.08 Å². The molecule has 8 heteroatoms. The van der Waals surface area contributed by atoms with Crippen LogP contribution in [0.1, 0.15) is 44.5 Å². The molecule has 144 valence electrons. The maximum Gasteiger partial charge on any atom is 0.289 e. The maximum atomic E-state index is 13.1. The average molecular weight is 379 g/mol. The number of carbonyl (C=O) groups excluding carboxylic acids is 2. The number of anilines is 1. The van der Waals surface area contributed by atoms with E-state index in [9.17, 15) is 9.59 Å². The summed E-state index contributed by atoms with van der Waals surface area (Å²) >= 11 is 0.